The van der Waals surface area contributed by atoms with E-state index in [0.717, 1.165) is 5.56 Å². The maximum atomic E-state index is 13.0. The van der Waals surface area contributed by atoms with Crippen molar-refractivity contribution in [1.29, 1.82) is 0 Å². The second kappa shape index (κ2) is 8.54. The molecule has 2 aromatic heterocycles. The molecule has 2 aromatic rings. The van der Waals surface area contributed by atoms with Crippen molar-refractivity contribution in [3.05, 3.63) is 54.1 Å². The topological polar surface area (TPSA) is 101 Å². The highest BCUT2D eigenvalue weighted by Crippen LogP contribution is 2.28. The first-order valence-corrected chi connectivity index (χ1v) is 9.15. The lowest BCUT2D eigenvalue weighted by Crippen LogP contribution is -2.48. The number of carbonyl (C=O) groups is 1. The van der Waals surface area contributed by atoms with Gasteiger partial charge in [0, 0.05) is 38.2 Å². The van der Waals surface area contributed by atoms with Crippen LogP contribution in [0, 0.1) is 0 Å². The van der Waals surface area contributed by atoms with E-state index in [2.05, 4.69) is 20.0 Å². The molecule has 3 rings (SSSR count). The molecule has 1 saturated heterocycles. The van der Waals surface area contributed by atoms with E-state index in [1.165, 1.54) is 29.7 Å². The van der Waals surface area contributed by atoms with Crippen molar-refractivity contribution in [2.24, 2.45) is 0 Å². The first-order valence-electron chi connectivity index (χ1n) is 7.71. The van der Waals surface area contributed by atoms with Crippen LogP contribution in [0.3, 0.4) is 0 Å². The van der Waals surface area contributed by atoms with Gasteiger partial charge in [-0.05, 0) is 23.8 Å². The van der Waals surface area contributed by atoms with Crippen molar-refractivity contribution in [2.45, 2.75) is 10.9 Å². The van der Waals surface area contributed by atoms with Gasteiger partial charge in [-0.1, -0.05) is 6.07 Å². The van der Waals surface area contributed by atoms with Crippen LogP contribution in [0.2, 0.25) is 0 Å². The molecule has 0 spiro atoms. The third kappa shape index (κ3) is 4.01. The summed E-state index contributed by atoms with van der Waals surface area (Å²) < 4.78 is 32.1. The number of pyridine rings is 2. The van der Waals surface area contributed by atoms with Crippen LogP contribution < -0.4 is 5.32 Å². The molecule has 0 saturated carbocycles. The minimum absolute atomic E-state index is 0. The molecule has 26 heavy (non-hydrogen) atoms. The van der Waals surface area contributed by atoms with Crippen molar-refractivity contribution in [2.75, 3.05) is 26.7 Å². The molecular weight excluding hydrogens is 380 g/mol. The van der Waals surface area contributed by atoms with Crippen LogP contribution in [0.1, 0.15) is 22.1 Å². The maximum Gasteiger partial charge on any atom is 0.356 e. The van der Waals surface area contributed by atoms with Gasteiger partial charge in [-0.25, -0.2) is 18.2 Å². The number of methoxy groups -OCH3 is 1. The number of esters is 1. The molecular formula is C16H19ClN4O4S. The number of hydrogen-bond acceptors (Lipinski definition) is 7. The molecule has 1 N–H and O–H groups in total. The molecule has 1 aliphatic heterocycles. The molecule has 0 aromatic carbocycles. The number of piperazine rings is 1. The molecule has 0 aliphatic carbocycles. The number of halogens is 1. The Hall–Kier alpha value is -2.07. The van der Waals surface area contributed by atoms with Gasteiger partial charge in [-0.3, -0.25) is 4.98 Å². The molecule has 1 unspecified atom stereocenters. The normalized spacial score (nSPS) is 18.0. The number of nitrogens with one attached hydrogen (secondary N) is 1. The molecule has 0 radical (unpaired) electrons. The fraction of sp³-hybridized carbons (Fsp3) is 0.312. The van der Waals surface area contributed by atoms with Crippen LogP contribution in [0.4, 0.5) is 0 Å². The molecule has 8 nitrogen and oxygen atoms in total. The van der Waals surface area contributed by atoms with Gasteiger partial charge in [0.2, 0.25) is 10.0 Å². The fourth-order valence-corrected chi connectivity index (χ4v) is 4.28. The molecule has 1 aliphatic rings. The minimum atomic E-state index is -3.76. The van der Waals surface area contributed by atoms with E-state index in [0.29, 0.717) is 19.6 Å². The first kappa shape index (κ1) is 20.2. The van der Waals surface area contributed by atoms with Gasteiger partial charge in [0.25, 0.3) is 0 Å². The van der Waals surface area contributed by atoms with Gasteiger partial charge in [0.05, 0.1) is 13.2 Å². The number of carbonyl (C=O) groups excluding carboxylic acids is 1. The van der Waals surface area contributed by atoms with Crippen LogP contribution in [0.15, 0.2) is 47.8 Å². The summed E-state index contributed by atoms with van der Waals surface area (Å²) in [5.41, 5.74) is 0.878. The van der Waals surface area contributed by atoms with Crippen LogP contribution >= 0.6 is 12.4 Å². The summed E-state index contributed by atoms with van der Waals surface area (Å²) in [6, 6.07) is 6.00. The SMILES string of the molecule is COC(=O)c1ccc(S(=O)(=O)N2CCNCC2c2cccnc2)cn1.Cl. The highest BCUT2D eigenvalue weighted by molar-refractivity contribution is 7.89. The van der Waals surface area contributed by atoms with Crippen LogP contribution in [-0.4, -0.2) is 55.4 Å². The van der Waals surface area contributed by atoms with Gasteiger partial charge >= 0.3 is 5.97 Å². The predicted molar refractivity (Wildman–Crippen MR) is 96.6 cm³/mol. The average Bonchev–Trinajstić information content (AvgIpc) is 2.68. The Bertz CT molecular complexity index is 846. The third-order valence-corrected chi connectivity index (χ3v) is 5.89. The van der Waals surface area contributed by atoms with E-state index >= 15 is 0 Å². The van der Waals surface area contributed by atoms with Gasteiger partial charge < -0.3 is 10.1 Å². The number of aromatic nitrogens is 2. The van der Waals surface area contributed by atoms with Crippen LogP contribution in [0.5, 0.6) is 0 Å². The summed E-state index contributed by atoms with van der Waals surface area (Å²) in [6.45, 7) is 1.39. The van der Waals surface area contributed by atoms with Crippen molar-refractivity contribution in [3.63, 3.8) is 0 Å². The monoisotopic (exact) mass is 398 g/mol. The summed E-state index contributed by atoms with van der Waals surface area (Å²) in [5, 5.41) is 3.21. The van der Waals surface area contributed by atoms with Gasteiger partial charge in [0.1, 0.15) is 10.6 Å². The molecule has 0 bridgehead atoms. The minimum Gasteiger partial charge on any atom is -0.464 e. The standard InChI is InChI=1S/C16H18N4O4S.ClH/c1-24-16(21)14-5-4-13(10-19-14)25(22,23)20-8-7-18-11-15(20)12-3-2-6-17-9-12;/h2-6,9-10,15,18H,7-8,11H2,1H3;1H. The zero-order valence-corrected chi connectivity index (χ0v) is 15.7. The predicted octanol–water partition coefficient (Wildman–Crippen LogP) is 1.02. The summed E-state index contributed by atoms with van der Waals surface area (Å²) in [6.07, 6.45) is 4.50. The molecule has 140 valence electrons. The third-order valence-electron chi connectivity index (χ3n) is 4.00. The van der Waals surface area contributed by atoms with Gasteiger partial charge in [-0.15, -0.1) is 12.4 Å². The molecule has 1 atom stereocenters. The largest absolute Gasteiger partial charge is 0.464 e. The number of ether oxygens (including phenoxy) is 1. The molecule has 10 heteroatoms. The zero-order valence-electron chi connectivity index (χ0n) is 14.0. The second-order valence-corrected chi connectivity index (χ2v) is 7.38. The Kier molecular flexibility index (Phi) is 6.65. The van der Waals surface area contributed by atoms with Crippen LogP contribution in [-0.2, 0) is 14.8 Å². The molecule has 0 amide bonds. The lowest BCUT2D eigenvalue weighted by Gasteiger charge is -2.35. The van der Waals surface area contributed by atoms with E-state index in [1.807, 2.05) is 6.07 Å². The zero-order chi connectivity index (χ0) is 17.9. The maximum absolute atomic E-state index is 13.0. The number of sulfonamides is 1. The van der Waals surface area contributed by atoms with E-state index in [9.17, 15) is 13.2 Å². The molecule has 3 heterocycles. The summed E-state index contributed by atoms with van der Waals surface area (Å²) in [7, 11) is -2.51. The number of rotatable bonds is 4. The van der Waals surface area contributed by atoms with Crippen molar-refractivity contribution in [3.8, 4) is 0 Å². The lowest BCUT2D eigenvalue weighted by molar-refractivity contribution is 0.0594. The van der Waals surface area contributed by atoms with E-state index in [1.54, 1.807) is 18.5 Å². The Morgan fingerprint density at radius 2 is 2.12 bits per heavy atom. The summed E-state index contributed by atoms with van der Waals surface area (Å²) >= 11 is 0. The Morgan fingerprint density at radius 3 is 2.73 bits per heavy atom. The Morgan fingerprint density at radius 1 is 1.31 bits per heavy atom. The Labute approximate surface area is 158 Å². The van der Waals surface area contributed by atoms with Crippen LogP contribution in [0.25, 0.3) is 0 Å². The van der Waals surface area contributed by atoms with E-state index < -0.39 is 16.0 Å². The second-order valence-electron chi connectivity index (χ2n) is 5.49. The number of nitrogens with zero attached hydrogens (tertiary/aromatic N) is 3. The first-order chi connectivity index (χ1) is 12.0. The average molecular weight is 399 g/mol. The van der Waals surface area contributed by atoms with Crippen molar-refractivity contribution >= 4 is 28.4 Å². The van der Waals surface area contributed by atoms with Crippen molar-refractivity contribution < 1.29 is 17.9 Å². The smallest absolute Gasteiger partial charge is 0.356 e. The summed E-state index contributed by atoms with van der Waals surface area (Å²) in [4.78, 5) is 19.5. The van der Waals surface area contributed by atoms with Gasteiger partial charge in [-0.2, -0.15) is 4.31 Å². The van der Waals surface area contributed by atoms with E-state index in [4.69, 9.17) is 0 Å². The summed E-state index contributed by atoms with van der Waals surface area (Å²) in [5.74, 6) is -0.612. The quantitative estimate of drug-likeness (QED) is 0.767. The van der Waals surface area contributed by atoms with E-state index in [-0.39, 0.29) is 29.0 Å². The fourth-order valence-electron chi connectivity index (χ4n) is 2.72. The lowest BCUT2D eigenvalue weighted by atomic mass is 10.1. The van der Waals surface area contributed by atoms with Crippen molar-refractivity contribution in [1.82, 2.24) is 19.6 Å². The van der Waals surface area contributed by atoms with Gasteiger partial charge in [0.15, 0.2) is 0 Å². The highest BCUT2D eigenvalue weighted by Gasteiger charge is 2.34. The highest BCUT2D eigenvalue weighted by atomic mass is 35.5. The molecule has 1 fully saturated rings. The Balaban J connectivity index is 0.00000243. The number of hydrogen-bond donors (Lipinski definition) is 1.